The monoisotopic (exact) mass is 449 g/mol. The summed E-state index contributed by atoms with van der Waals surface area (Å²) in [5.41, 5.74) is -1.21. The number of aliphatic carboxylic acids is 1. The van der Waals surface area contributed by atoms with Crippen LogP contribution in [0.1, 0.15) is 44.9 Å². The lowest BCUT2D eigenvalue weighted by Crippen LogP contribution is -2.59. The van der Waals surface area contributed by atoms with Crippen LogP contribution in [0.4, 0.5) is 20.2 Å². The van der Waals surface area contributed by atoms with Crippen molar-refractivity contribution in [2.75, 3.05) is 5.32 Å². The molecule has 31 heavy (non-hydrogen) atoms. The number of anilines is 2. The fraction of sp³-hybridized carbons (Fsp3) is 0.500. The average molecular weight is 450 g/mol. The van der Waals surface area contributed by atoms with E-state index in [1.165, 1.54) is 16.9 Å². The van der Waals surface area contributed by atoms with Crippen molar-refractivity contribution in [1.29, 1.82) is 0 Å². The first kappa shape index (κ1) is 20.4. The number of carboxylic acids is 1. The molecule has 4 fully saturated rings. The number of benzene rings is 1. The minimum Gasteiger partial charge on any atom is -0.481 e. The van der Waals surface area contributed by atoms with Crippen LogP contribution in [0.15, 0.2) is 29.2 Å². The second kappa shape index (κ2) is 7.02. The maximum atomic E-state index is 14.0. The van der Waals surface area contributed by atoms with Gasteiger partial charge in [0.05, 0.1) is 29.5 Å². The molecule has 0 spiro atoms. The Morgan fingerprint density at radius 3 is 2.58 bits per heavy atom. The lowest BCUT2D eigenvalue weighted by Gasteiger charge is -2.61. The van der Waals surface area contributed by atoms with Crippen molar-refractivity contribution < 1.29 is 18.7 Å². The predicted octanol–water partition coefficient (Wildman–Crippen LogP) is 4.69. The highest BCUT2D eigenvalue weighted by molar-refractivity contribution is 6.33. The molecule has 9 heteroatoms. The van der Waals surface area contributed by atoms with Gasteiger partial charge in [-0.2, -0.15) is 5.10 Å². The van der Waals surface area contributed by atoms with Gasteiger partial charge in [-0.1, -0.05) is 11.6 Å². The Kier molecular flexibility index (Phi) is 4.62. The molecule has 2 unspecified atom stereocenters. The molecular formula is C22H22ClF2N3O3. The number of carboxylic acid groups (broad SMARTS) is 1. The topological polar surface area (TPSA) is 84.2 Å². The maximum absolute atomic E-state index is 14.0. The van der Waals surface area contributed by atoms with Gasteiger partial charge >= 0.3 is 5.97 Å². The fourth-order valence-corrected chi connectivity index (χ4v) is 6.95. The molecule has 1 heterocycles. The van der Waals surface area contributed by atoms with Crippen LogP contribution < -0.4 is 10.9 Å². The Labute approximate surface area is 182 Å². The van der Waals surface area contributed by atoms with Crippen LogP contribution in [0.3, 0.4) is 0 Å². The molecule has 2 aromatic rings. The zero-order chi connectivity index (χ0) is 22.0. The summed E-state index contributed by atoms with van der Waals surface area (Å²) in [6.45, 7) is 0. The van der Waals surface area contributed by atoms with E-state index in [-0.39, 0.29) is 28.2 Å². The van der Waals surface area contributed by atoms with Gasteiger partial charge in [0.2, 0.25) is 0 Å². The van der Waals surface area contributed by atoms with Gasteiger partial charge in [0, 0.05) is 6.07 Å². The van der Waals surface area contributed by atoms with Crippen molar-refractivity contribution in [3.05, 3.63) is 51.4 Å². The second-order valence-corrected chi connectivity index (χ2v) is 9.97. The average Bonchev–Trinajstić information content (AvgIpc) is 2.65. The SMILES string of the molecule is O=C(O)CC12C[C@H]3C[C@@H](C1)CC(n1ncc(Nc4ccc(F)cc4F)c(Cl)c1=O)(C3)C2. The van der Waals surface area contributed by atoms with Gasteiger partial charge in [-0.25, -0.2) is 13.5 Å². The number of halogens is 3. The van der Waals surface area contributed by atoms with E-state index in [0.29, 0.717) is 18.3 Å². The lowest BCUT2D eigenvalue weighted by atomic mass is 9.46. The number of hydrogen-bond donors (Lipinski definition) is 2. The predicted molar refractivity (Wildman–Crippen MR) is 110 cm³/mol. The van der Waals surface area contributed by atoms with Crippen LogP contribution in [-0.4, -0.2) is 20.9 Å². The third kappa shape index (κ3) is 3.41. The molecule has 6 rings (SSSR count). The van der Waals surface area contributed by atoms with Gasteiger partial charge in [0.25, 0.3) is 5.56 Å². The van der Waals surface area contributed by atoms with Crippen molar-refractivity contribution in [3.63, 3.8) is 0 Å². The molecule has 4 saturated carbocycles. The van der Waals surface area contributed by atoms with Crippen molar-refractivity contribution >= 4 is 28.9 Å². The van der Waals surface area contributed by atoms with Gasteiger partial charge in [0.15, 0.2) is 0 Å². The Morgan fingerprint density at radius 1 is 1.23 bits per heavy atom. The van der Waals surface area contributed by atoms with E-state index in [1.807, 2.05) is 0 Å². The molecule has 164 valence electrons. The molecule has 0 saturated heterocycles. The molecule has 2 N–H and O–H groups in total. The summed E-state index contributed by atoms with van der Waals surface area (Å²) in [7, 11) is 0. The lowest BCUT2D eigenvalue weighted by molar-refractivity contribution is -0.151. The third-order valence-electron chi connectivity index (χ3n) is 7.25. The number of aromatic nitrogens is 2. The second-order valence-electron chi connectivity index (χ2n) is 9.59. The standard InChI is InChI=1S/C22H22ClF2N3O3/c23-19-17(27-16-2-1-14(24)4-15(16)25)10-26-28(20(19)31)22-7-12-3-13(8-22)6-21(5-12,11-22)9-18(29)30/h1-2,4,10,12-13,27H,3,5-9,11H2,(H,29,30)/t12-,13+,21?,22?. The maximum Gasteiger partial charge on any atom is 0.303 e. The molecule has 6 nitrogen and oxygen atoms in total. The normalized spacial score (nSPS) is 31.1. The Morgan fingerprint density at radius 2 is 1.94 bits per heavy atom. The van der Waals surface area contributed by atoms with E-state index in [2.05, 4.69) is 10.4 Å². The number of rotatable bonds is 5. The molecule has 4 bridgehead atoms. The summed E-state index contributed by atoms with van der Waals surface area (Å²) >= 11 is 6.36. The summed E-state index contributed by atoms with van der Waals surface area (Å²) in [5, 5.41) is 16.5. The van der Waals surface area contributed by atoms with Crippen molar-refractivity contribution in [3.8, 4) is 0 Å². The highest BCUT2D eigenvalue weighted by Gasteiger charge is 2.59. The molecule has 4 aliphatic carbocycles. The summed E-state index contributed by atoms with van der Waals surface area (Å²) < 4.78 is 28.6. The van der Waals surface area contributed by atoms with Gasteiger partial charge in [0.1, 0.15) is 16.7 Å². The van der Waals surface area contributed by atoms with Crippen LogP contribution in [0, 0.1) is 28.9 Å². The zero-order valence-corrected chi connectivity index (χ0v) is 17.5. The Balaban J connectivity index is 1.50. The number of nitrogens with zero attached hydrogens (tertiary/aromatic N) is 2. The van der Waals surface area contributed by atoms with Crippen LogP contribution in [0.2, 0.25) is 5.02 Å². The molecule has 4 atom stereocenters. The first-order valence-corrected chi connectivity index (χ1v) is 10.8. The van der Waals surface area contributed by atoms with Crippen LogP contribution >= 0.6 is 11.6 Å². The van der Waals surface area contributed by atoms with Crippen LogP contribution in [0.25, 0.3) is 0 Å². The number of nitrogens with one attached hydrogen (secondary N) is 1. The van der Waals surface area contributed by atoms with Crippen LogP contribution in [0.5, 0.6) is 0 Å². The zero-order valence-electron chi connectivity index (χ0n) is 16.7. The molecule has 0 amide bonds. The largest absolute Gasteiger partial charge is 0.481 e. The third-order valence-corrected chi connectivity index (χ3v) is 7.61. The quantitative estimate of drug-likeness (QED) is 0.691. The molecule has 0 aliphatic heterocycles. The summed E-state index contributed by atoms with van der Waals surface area (Å²) in [4.78, 5) is 24.8. The number of carbonyl (C=O) groups is 1. The van der Waals surface area contributed by atoms with E-state index in [1.54, 1.807) is 0 Å². The molecule has 1 aromatic carbocycles. The summed E-state index contributed by atoms with van der Waals surface area (Å²) in [5.74, 6) is -1.58. The van der Waals surface area contributed by atoms with E-state index >= 15 is 0 Å². The first-order valence-electron chi connectivity index (χ1n) is 10.4. The van der Waals surface area contributed by atoms with E-state index < -0.39 is 28.7 Å². The molecule has 4 aliphatic rings. The minimum atomic E-state index is -0.809. The van der Waals surface area contributed by atoms with Gasteiger partial charge in [-0.05, 0) is 67.9 Å². The highest BCUT2D eigenvalue weighted by atomic mass is 35.5. The molecule has 0 radical (unpaired) electrons. The van der Waals surface area contributed by atoms with Crippen molar-refractivity contribution in [1.82, 2.24) is 9.78 Å². The summed E-state index contributed by atoms with van der Waals surface area (Å²) in [6, 6.07) is 3.06. The number of hydrogen-bond acceptors (Lipinski definition) is 4. The van der Waals surface area contributed by atoms with E-state index in [9.17, 15) is 23.5 Å². The summed E-state index contributed by atoms with van der Waals surface area (Å²) in [6.07, 6.45) is 6.48. The van der Waals surface area contributed by atoms with Crippen molar-refractivity contribution in [2.45, 2.75) is 50.5 Å². The minimum absolute atomic E-state index is 0.0162. The van der Waals surface area contributed by atoms with Crippen molar-refractivity contribution in [2.24, 2.45) is 17.3 Å². The van der Waals surface area contributed by atoms with Gasteiger partial charge in [-0.3, -0.25) is 9.59 Å². The van der Waals surface area contributed by atoms with Gasteiger partial charge in [-0.15, -0.1) is 0 Å². The van der Waals surface area contributed by atoms with E-state index in [4.69, 9.17) is 11.6 Å². The highest BCUT2D eigenvalue weighted by Crippen LogP contribution is 2.65. The molecular weight excluding hydrogens is 428 g/mol. The fourth-order valence-electron chi connectivity index (χ4n) is 6.77. The Hall–Kier alpha value is -2.48. The van der Waals surface area contributed by atoms with E-state index in [0.717, 1.165) is 44.2 Å². The molecule has 1 aromatic heterocycles. The smallest absolute Gasteiger partial charge is 0.303 e. The Bertz CT molecular complexity index is 1120. The van der Waals surface area contributed by atoms with Crippen LogP contribution in [-0.2, 0) is 10.3 Å². The first-order chi connectivity index (χ1) is 14.7. The van der Waals surface area contributed by atoms with Gasteiger partial charge < -0.3 is 10.4 Å².